The molecule has 0 saturated heterocycles. The molecule has 7 nitrogen and oxygen atoms in total. The van der Waals surface area contributed by atoms with Crippen LogP contribution in [0.5, 0.6) is 5.75 Å². The highest BCUT2D eigenvalue weighted by Crippen LogP contribution is 2.24. The summed E-state index contributed by atoms with van der Waals surface area (Å²) in [7, 11) is 0. The summed E-state index contributed by atoms with van der Waals surface area (Å²) >= 11 is 0. The Hall–Kier alpha value is -2.22. The minimum Gasteiger partial charge on any atom is -0.489 e. The van der Waals surface area contributed by atoms with Crippen molar-refractivity contribution in [3.8, 4) is 5.75 Å². The van der Waals surface area contributed by atoms with E-state index >= 15 is 0 Å². The monoisotopic (exact) mass is 271 g/mol. The van der Waals surface area contributed by atoms with Crippen LogP contribution in [0.25, 0.3) is 0 Å². The van der Waals surface area contributed by atoms with Crippen molar-refractivity contribution in [3.05, 3.63) is 34.1 Å². The summed E-state index contributed by atoms with van der Waals surface area (Å²) in [4.78, 5) is 21.1. The largest absolute Gasteiger partial charge is 0.489 e. The predicted octanol–water partition coefficient (Wildman–Crippen LogP) is 1.13. The third-order valence-corrected chi connectivity index (χ3v) is 2.46. The molecular formula is C11H14FN3O4. The number of rotatable bonds is 5. The van der Waals surface area contributed by atoms with Crippen LogP contribution in [-0.2, 0) is 4.79 Å². The molecule has 8 heteroatoms. The molecule has 0 fully saturated rings. The Morgan fingerprint density at radius 1 is 1.58 bits per heavy atom. The lowest BCUT2D eigenvalue weighted by molar-refractivity contribution is -0.385. The molecule has 0 atom stereocenters. The first-order valence-electron chi connectivity index (χ1n) is 5.35. The van der Waals surface area contributed by atoms with Crippen molar-refractivity contribution in [2.24, 2.45) is 11.3 Å². The Labute approximate surface area is 108 Å². The van der Waals surface area contributed by atoms with E-state index in [1.165, 1.54) is 0 Å². The van der Waals surface area contributed by atoms with Gasteiger partial charge >= 0.3 is 0 Å². The zero-order valence-electron chi connectivity index (χ0n) is 10.5. The molecule has 1 aromatic carbocycles. The number of nitro benzene ring substituents is 1. The normalized spacial score (nSPS) is 10.9. The van der Waals surface area contributed by atoms with Crippen LogP contribution in [0.1, 0.15) is 13.8 Å². The Morgan fingerprint density at radius 3 is 2.68 bits per heavy atom. The molecule has 1 aromatic rings. The van der Waals surface area contributed by atoms with E-state index in [0.717, 1.165) is 18.2 Å². The van der Waals surface area contributed by atoms with E-state index in [4.69, 9.17) is 10.6 Å². The van der Waals surface area contributed by atoms with Gasteiger partial charge in [-0.1, -0.05) is 0 Å². The van der Waals surface area contributed by atoms with Gasteiger partial charge in [0.1, 0.15) is 6.61 Å². The van der Waals surface area contributed by atoms with Gasteiger partial charge in [-0.15, -0.1) is 0 Å². The molecule has 1 rings (SSSR count). The van der Waals surface area contributed by atoms with Crippen LogP contribution >= 0.6 is 0 Å². The lowest BCUT2D eigenvalue weighted by atomic mass is 9.94. The molecule has 3 N–H and O–H groups in total. The highest BCUT2D eigenvalue weighted by molar-refractivity contribution is 5.81. The molecule has 0 aromatic heterocycles. The molecule has 1 amide bonds. The van der Waals surface area contributed by atoms with Crippen molar-refractivity contribution < 1.29 is 18.8 Å². The number of nitrogens with one attached hydrogen (secondary N) is 1. The number of nitrogens with two attached hydrogens (primary N) is 1. The zero-order chi connectivity index (χ0) is 14.6. The molecule has 0 unspecified atom stereocenters. The van der Waals surface area contributed by atoms with Gasteiger partial charge in [-0.25, -0.2) is 10.2 Å². The second-order valence-electron chi connectivity index (χ2n) is 4.52. The average molecular weight is 271 g/mol. The number of ether oxygens (including phenoxy) is 1. The summed E-state index contributed by atoms with van der Waals surface area (Å²) < 4.78 is 18.7. The molecule has 0 aliphatic carbocycles. The van der Waals surface area contributed by atoms with Crippen molar-refractivity contribution in [1.82, 2.24) is 5.43 Å². The average Bonchev–Trinajstić information content (AvgIpc) is 2.36. The number of hydrogen-bond donors (Lipinski definition) is 2. The van der Waals surface area contributed by atoms with E-state index in [9.17, 15) is 19.3 Å². The fourth-order valence-electron chi connectivity index (χ4n) is 1.24. The number of nitro groups is 1. The van der Waals surface area contributed by atoms with E-state index in [2.05, 4.69) is 0 Å². The minimum atomic E-state index is -0.955. The summed E-state index contributed by atoms with van der Waals surface area (Å²) in [5.74, 6) is 3.52. The van der Waals surface area contributed by atoms with E-state index in [1.807, 2.05) is 5.43 Å². The topological polar surface area (TPSA) is 107 Å². The van der Waals surface area contributed by atoms with Gasteiger partial charge in [0, 0.05) is 6.07 Å². The number of carbonyl (C=O) groups is 1. The van der Waals surface area contributed by atoms with E-state index in [-0.39, 0.29) is 18.0 Å². The molecule has 104 valence electrons. The Bertz CT molecular complexity index is 505. The molecular weight excluding hydrogens is 257 g/mol. The number of carbonyl (C=O) groups excluding carboxylic acids is 1. The highest BCUT2D eigenvalue weighted by atomic mass is 19.1. The fraction of sp³-hybridized carbons (Fsp3) is 0.364. The van der Waals surface area contributed by atoms with Gasteiger partial charge < -0.3 is 4.74 Å². The van der Waals surface area contributed by atoms with Gasteiger partial charge in [0.2, 0.25) is 5.91 Å². The van der Waals surface area contributed by atoms with Crippen LogP contribution in [-0.4, -0.2) is 17.4 Å². The Morgan fingerprint density at radius 2 is 2.21 bits per heavy atom. The van der Waals surface area contributed by atoms with Gasteiger partial charge in [-0.2, -0.15) is 0 Å². The van der Waals surface area contributed by atoms with Crippen molar-refractivity contribution in [2.75, 3.05) is 6.61 Å². The first-order valence-corrected chi connectivity index (χ1v) is 5.35. The number of nitrogens with zero attached hydrogens (tertiary/aromatic N) is 1. The van der Waals surface area contributed by atoms with E-state index in [0.29, 0.717) is 0 Å². The van der Waals surface area contributed by atoms with Crippen molar-refractivity contribution >= 4 is 11.6 Å². The first-order chi connectivity index (χ1) is 8.77. The number of halogens is 1. The van der Waals surface area contributed by atoms with Crippen LogP contribution in [0, 0.1) is 21.3 Å². The maximum atomic E-state index is 13.5. The van der Waals surface area contributed by atoms with Gasteiger partial charge in [0.25, 0.3) is 5.69 Å². The number of benzene rings is 1. The van der Waals surface area contributed by atoms with Crippen molar-refractivity contribution in [2.45, 2.75) is 13.8 Å². The molecule has 0 heterocycles. The van der Waals surface area contributed by atoms with Gasteiger partial charge in [0.15, 0.2) is 11.6 Å². The fourth-order valence-corrected chi connectivity index (χ4v) is 1.24. The first kappa shape index (κ1) is 14.8. The quantitative estimate of drug-likeness (QED) is 0.361. The van der Waals surface area contributed by atoms with Gasteiger partial charge in [-0.3, -0.25) is 20.3 Å². The van der Waals surface area contributed by atoms with Crippen molar-refractivity contribution in [1.29, 1.82) is 0 Å². The molecule has 0 radical (unpaired) electrons. The number of hydrazine groups is 1. The Kier molecular flexibility index (Phi) is 4.38. The van der Waals surface area contributed by atoms with E-state index < -0.39 is 22.1 Å². The summed E-state index contributed by atoms with van der Waals surface area (Å²) in [5, 5.41) is 10.4. The van der Waals surface area contributed by atoms with E-state index in [1.54, 1.807) is 13.8 Å². The maximum absolute atomic E-state index is 13.5. The smallest absolute Gasteiger partial charge is 0.272 e. The SMILES string of the molecule is CC(C)(COc1ccc([N+](=O)[O-])cc1F)C(=O)NN. The minimum absolute atomic E-state index is 0.120. The molecule has 0 saturated carbocycles. The molecule has 0 aliphatic heterocycles. The third kappa shape index (κ3) is 3.62. The predicted molar refractivity (Wildman–Crippen MR) is 64.7 cm³/mol. The number of hydrogen-bond acceptors (Lipinski definition) is 5. The van der Waals surface area contributed by atoms with Crippen LogP contribution < -0.4 is 16.0 Å². The zero-order valence-corrected chi connectivity index (χ0v) is 10.5. The molecule has 0 aliphatic rings. The highest BCUT2D eigenvalue weighted by Gasteiger charge is 2.28. The second-order valence-corrected chi connectivity index (χ2v) is 4.52. The van der Waals surface area contributed by atoms with Gasteiger partial charge in [0.05, 0.1) is 16.4 Å². The van der Waals surface area contributed by atoms with Crippen molar-refractivity contribution in [3.63, 3.8) is 0 Å². The van der Waals surface area contributed by atoms with Crippen LogP contribution in [0.15, 0.2) is 18.2 Å². The van der Waals surface area contributed by atoms with Crippen LogP contribution in [0.2, 0.25) is 0 Å². The standard InChI is InChI=1S/C11H14FN3O4/c1-11(2,10(16)14-13)6-19-9-4-3-7(15(17)18)5-8(9)12/h3-5H,6,13H2,1-2H3,(H,14,16). The Balaban J connectivity index is 2.79. The summed E-state index contributed by atoms with van der Waals surface area (Å²) in [6.45, 7) is 3.02. The molecule has 0 bridgehead atoms. The summed E-state index contributed by atoms with van der Waals surface area (Å²) in [6.07, 6.45) is 0. The number of non-ortho nitro benzene ring substituents is 1. The summed E-state index contributed by atoms with van der Waals surface area (Å²) in [5.41, 5.74) is 0.651. The van der Waals surface area contributed by atoms with Crippen LogP contribution in [0.3, 0.4) is 0 Å². The summed E-state index contributed by atoms with van der Waals surface area (Å²) in [6, 6.07) is 3.02. The van der Waals surface area contributed by atoms with Crippen LogP contribution in [0.4, 0.5) is 10.1 Å². The third-order valence-electron chi connectivity index (χ3n) is 2.46. The lowest BCUT2D eigenvalue weighted by Crippen LogP contribution is -2.44. The maximum Gasteiger partial charge on any atom is 0.272 e. The lowest BCUT2D eigenvalue weighted by Gasteiger charge is -2.22. The molecule has 19 heavy (non-hydrogen) atoms. The molecule has 0 spiro atoms. The number of amides is 1. The van der Waals surface area contributed by atoms with Gasteiger partial charge in [-0.05, 0) is 19.9 Å². The second kappa shape index (κ2) is 5.61.